The van der Waals surface area contributed by atoms with Crippen LogP contribution in [0.5, 0.6) is 5.75 Å². The highest BCUT2D eigenvalue weighted by atomic mass is 32.1. The molecule has 4 rings (SSSR count). The van der Waals surface area contributed by atoms with Crippen LogP contribution >= 0.6 is 11.3 Å². The molecule has 0 atom stereocenters. The summed E-state index contributed by atoms with van der Waals surface area (Å²) >= 11 is 1.57. The van der Waals surface area contributed by atoms with Gasteiger partial charge in [-0.05, 0) is 54.8 Å². The van der Waals surface area contributed by atoms with Crippen LogP contribution in [0.15, 0.2) is 66.7 Å². The minimum atomic E-state index is -0.0779. The van der Waals surface area contributed by atoms with E-state index in [0.717, 1.165) is 27.1 Å². The Morgan fingerprint density at radius 1 is 0.966 bits per heavy atom. The molecule has 29 heavy (non-hydrogen) atoms. The van der Waals surface area contributed by atoms with Crippen molar-refractivity contribution in [2.75, 3.05) is 12.0 Å². The third-order valence-electron chi connectivity index (χ3n) is 4.93. The Hall–Kier alpha value is -3.18. The van der Waals surface area contributed by atoms with Gasteiger partial charge >= 0.3 is 0 Å². The zero-order valence-electron chi connectivity index (χ0n) is 16.7. The van der Waals surface area contributed by atoms with Gasteiger partial charge in [-0.15, -0.1) is 0 Å². The molecule has 3 aromatic carbocycles. The standard InChI is InChI=1S/C24H22N2O2S/c1-16-9-10-17(2)22-21(16)25-24(29-22)26(15-18-7-5-4-6-8-18)23(27)19-11-13-20(28-3)14-12-19/h4-14H,15H2,1-3H3. The van der Waals surface area contributed by atoms with Gasteiger partial charge in [0.05, 0.1) is 23.9 Å². The Morgan fingerprint density at radius 3 is 2.31 bits per heavy atom. The molecule has 0 fully saturated rings. The topological polar surface area (TPSA) is 42.4 Å². The van der Waals surface area contributed by atoms with E-state index in [4.69, 9.17) is 9.72 Å². The smallest absolute Gasteiger partial charge is 0.260 e. The lowest BCUT2D eigenvalue weighted by Crippen LogP contribution is -2.30. The predicted octanol–water partition coefficient (Wildman–Crippen LogP) is 5.77. The second kappa shape index (κ2) is 8.05. The monoisotopic (exact) mass is 402 g/mol. The van der Waals surface area contributed by atoms with Crippen LogP contribution in [-0.2, 0) is 6.54 Å². The van der Waals surface area contributed by atoms with Gasteiger partial charge in [0.15, 0.2) is 5.13 Å². The molecule has 0 spiro atoms. The van der Waals surface area contributed by atoms with Gasteiger partial charge in [0, 0.05) is 5.56 Å². The lowest BCUT2D eigenvalue weighted by atomic mass is 10.1. The summed E-state index contributed by atoms with van der Waals surface area (Å²) in [6, 6.07) is 21.4. The number of rotatable bonds is 5. The number of benzene rings is 3. The molecule has 0 aliphatic carbocycles. The molecule has 0 aliphatic rings. The van der Waals surface area contributed by atoms with Gasteiger partial charge in [-0.3, -0.25) is 9.69 Å². The zero-order chi connectivity index (χ0) is 20.4. The number of aryl methyl sites for hydroxylation is 2. The average Bonchev–Trinajstić information content (AvgIpc) is 3.21. The SMILES string of the molecule is COc1ccc(C(=O)N(Cc2ccccc2)c2nc3c(C)ccc(C)c3s2)cc1. The maximum absolute atomic E-state index is 13.4. The average molecular weight is 403 g/mol. The summed E-state index contributed by atoms with van der Waals surface area (Å²) in [6.45, 7) is 4.60. The summed E-state index contributed by atoms with van der Waals surface area (Å²) in [5.41, 5.74) is 4.91. The predicted molar refractivity (Wildman–Crippen MR) is 119 cm³/mol. The minimum Gasteiger partial charge on any atom is -0.497 e. The van der Waals surface area contributed by atoms with Crippen LogP contribution in [0.25, 0.3) is 10.2 Å². The third-order valence-corrected chi connectivity index (χ3v) is 6.14. The number of nitrogens with zero attached hydrogens (tertiary/aromatic N) is 2. The molecule has 0 saturated carbocycles. The molecular weight excluding hydrogens is 380 g/mol. The molecule has 0 unspecified atom stereocenters. The van der Waals surface area contributed by atoms with E-state index in [-0.39, 0.29) is 5.91 Å². The van der Waals surface area contributed by atoms with E-state index in [2.05, 4.69) is 26.0 Å². The first-order valence-corrected chi connectivity index (χ1v) is 10.2. The molecule has 1 heterocycles. The fraction of sp³-hybridized carbons (Fsp3) is 0.167. The summed E-state index contributed by atoms with van der Waals surface area (Å²) in [7, 11) is 1.62. The van der Waals surface area contributed by atoms with Crippen molar-refractivity contribution in [3.8, 4) is 5.75 Å². The molecule has 1 aromatic heterocycles. The highest BCUT2D eigenvalue weighted by Crippen LogP contribution is 2.34. The van der Waals surface area contributed by atoms with E-state index >= 15 is 0 Å². The van der Waals surface area contributed by atoms with Crippen molar-refractivity contribution in [2.45, 2.75) is 20.4 Å². The van der Waals surface area contributed by atoms with Crippen molar-refractivity contribution >= 4 is 32.6 Å². The first kappa shape index (κ1) is 19.2. The molecular formula is C24H22N2O2S. The van der Waals surface area contributed by atoms with Crippen LogP contribution in [0.1, 0.15) is 27.0 Å². The van der Waals surface area contributed by atoms with E-state index in [0.29, 0.717) is 17.2 Å². The van der Waals surface area contributed by atoms with Crippen molar-refractivity contribution in [2.24, 2.45) is 0 Å². The third kappa shape index (κ3) is 3.87. The summed E-state index contributed by atoms with van der Waals surface area (Å²) in [4.78, 5) is 20.1. The minimum absolute atomic E-state index is 0.0779. The van der Waals surface area contributed by atoms with Crippen molar-refractivity contribution in [3.63, 3.8) is 0 Å². The lowest BCUT2D eigenvalue weighted by Gasteiger charge is -2.20. The first-order chi connectivity index (χ1) is 14.1. The zero-order valence-corrected chi connectivity index (χ0v) is 17.5. The summed E-state index contributed by atoms with van der Waals surface area (Å²) in [6.07, 6.45) is 0. The molecule has 0 aliphatic heterocycles. The van der Waals surface area contributed by atoms with Crippen molar-refractivity contribution in [3.05, 3.63) is 89.0 Å². The molecule has 4 aromatic rings. The highest BCUT2D eigenvalue weighted by molar-refractivity contribution is 7.22. The van der Waals surface area contributed by atoms with Crippen molar-refractivity contribution in [1.29, 1.82) is 0 Å². The molecule has 0 saturated heterocycles. The van der Waals surface area contributed by atoms with Crippen LogP contribution in [0, 0.1) is 13.8 Å². The molecule has 5 heteroatoms. The highest BCUT2D eigenvalue weighted by Gasteiger charge is 2.22. The van der Waals surface area contributed by atoms with Crippen LogP contribution in [0.2, 0.25) is 0 Å². The number of carbonyl (C=O) groups is 1. The van der Waals surface area contributed by atoms with E-state index < -0.39 is 0 Å². The van der Waals surface area contributed by atoms with Gasteiger partial charge in [0.25, 0.3) is 5.91 Å². The maximum atomic E-state index is 13.4. The number of fused-ring (bicyclic) bond motifs is 1. The van der Waals surface area contributed by atoms with Gasteiger partial charge in [0.2, 0.25) is 0 Å². The molecule has 0 N–H and O–H groups in total. The number of amides is 1. The van der Waals surface area contributed by atoms with Crippen LogP contribution in [0.3, 0.4) is 0 Å². The Labute approximate surface area is 174 Å². The van der Waals surface area contributed by atoms with E-state index in [1.807, 2.05) is 30.3 Å². The Balaban J connectivity index is 1.78. The van der Waals surface area contributed by atoms with Crippen LogP contribution in [0.4, 0.5) is 5.13 Å². The largest absolute Gasteiger partial charge is 0.497 e. The number of anilines is 1. The quantitative estimate of drug-likeness (QED) is 0.426. The molecule has 4 nitrogen and oxygen atoms in total. The number of ether oxygens (including phenoxy) is 1. The van der Waals surface area contributed by atoms with Gasteiger partial charge in [-0.2, -0.15) is 0 Å². The second-order valence-electron chi connectivity index (χ2n) is 6.98. The Bertz CT molecular complexity index is 1110. The summed E-state index contributed by atoms with van der Waals surface area (Å²) in [5, 5.41) is 0.710. The van der Waals surface area contributed by atoms with Gasteiger partial charge in [0.1, 0.15) is 5.75 Å². The normalized spacial score (nSPS) is 10.9. The summed E-state index contributed by atoms with van der Waals surface area (Å²) < 4.78 is 6.35. The van der Waals surface area contributed by atoms with Gasteiger partial charge < -0.3 is 4.74 Å². The maximum Gasteiger partial charge on any atom is 0.260 e. The summed E-state index contributed by atoms with van der Waals surface area (Å²) in [5.74, 6) is 0.647. The van der Waals surface area contributed by atoms with Crippen LogP contribution in [-0.4, -0.2) is 18.0 Å². The molecule has 0 radical (unpaired) electrons. The second-order valence-corrected chi connectivity index (χ2v) is 7.96. The number of methoxy groups -OCH3 is 1. The molecule has 1 amide bonds. The van der Waals surface area contributed by atoms with E-state index in [9.17, 15) is 4.79 Å². The number of hydrogen-bond donors (Lipinski definition) is 0. The number of carbonyl (C=O) groups excluding carboxylic acids is 1. The number of thiazole rings is 1. The fourth-order valence-corrected chi connectivity index (χ4v) is 4.35. The van der Waals surface area contributed by atoms with Gasteiger partial charge in [-0.1, -0.05) is 53.8 Å². The van der Waals surface area contributed by atoms with Crippen molar-refractivity contribution in [1.82, 2.24) is 4.98 Å². The van der Waals surface area contributed by atoms with Gasteiger partial charge in [-0.25, -0.2) is 4.98 Å². The fourth-order valence-electron chi connectivity index (χ4n) is 3.25. The van der Waals surface area contributed by atoms with Crippen LogP contribution < -0.4 is 9.64 Å². The Kier molecular flexibility index (Phi) is 5.32. The number of aromatic nitrogens is 1. The molecule has 146 valence electrons. The molecule has 0 bridgehead atoms. The Morgan fingerprint density at radius 2 is 1.66 bits per heavy atom. The van der Waals surface area contributed by atoms with E-state index in [1.54, 1.807) is 47.6 Å². The lowest BCUT2D eigenvalue weighted by molar-refractivity contribution is 0.0985. The van der Waals surface area contributed by atoms with E-state index in [1.165, 1.54) is 5.56 Å². The first-order valence-electron chi connectivity index (χ1n) is 9.43. The van der Waals surface area contributed by atoms with Crippen molar-refractivity contribution < 1.29 is 9.53 Å². The number of hydrogen-bond acceptors (Lipinski definition) is 4.